The molecule has 0 aromatic rings. The minimum absolute atomic E-state index is 0.0755. The maximum absolute atomic E-state index is 12.9. The second kappa shape index (κ2) is 61.9. The summed E-state index contributed by atoms with van der Waals surface area (Å²) in [4.78, 5) is 38.3. The van der Waals surface area contributed by atoms with Crippen LogP contribution >= 0.6 is 0 Å². The van der Waals surface area contributed by atoms with E-state index < -0.39 is 6.10 Å². The number of rotatable bonds is 59. The number of ether oxygens (including phenoxy) is 3. The Bertz CT molecular complexity index is 1270. The van der Waals surface area contributed by atoms with Crippen LogP contribution in [0.15, 0.2) is 48.6 Å². The summed E-state index contributed by atoms with van der Waals surface area (Å²) in [7, 11) is 0. The molecule has 73 heavy (non-hydrogen) atoms. The third-order valence-corrected chi connectivity index (χ3v) is 14.3. The highest BCUT2D eigenvalue weighted by Gasteiger charge is 2.19. The Morgan fingerprint density at radius 2 is 0.493 bits per heavy atom. The zero-order valence-corrected chi connectivity index (χ0v) is 48.9. The molecule has 0 saturated carbocycles. The van der Waals surface area contributed by atoms with Gasteiger partial charge < -0.3 is 14.2 Å². The van der Waals surface area contributed by atoms with Gasteiger partial charge in [-0.25, -0.2) is 0 Å². The van der Waals surface area contributed by atoms with Crippen LogP contribution in [0.2, 0.25) is 0 Å². The SMILES string of the molecule is CCCCCCC/C=C\C/C=C\C/C=C\CCCCCCCCC(=O)OCC(COC(=O)CCCCCCCCCCCCCCCCCCC)OC(=O)CCCCCCCCC/C=C\CCCCCCCC. The number of unbranched alkanes of at least 4 members (excludes halogenated alkanes) is 40. The molecule has 0 aromatic heterocycles. The Morgan fingerprint density at radius 1 is 0.274 bits per heavy atom. The van der Waals surface area contributed by atoms with E-state index in [-0.39, 0.29) is 31.1 Å². The molecule has 0 fully saturated rings. The highest BCUT2D eigenvalue weighted by molar-refractivity contribution is 5.71. The first-order valence-electron chi connectivity index (χ1n) is 32.1. The van der Waals surface area contributed by atoms with Gasteiger partial charge in [0.2, 0.25) is 0 Å². The van der Waals surface area contributed by atoms with Crippen molar-refractivity contribution in [2.45, 2.75) is 348 Å². The monoisotopic (exact) mass is 1020 g/mol. The van der Waals surface area contributed by atoms with Gasteiger partial charge in [0, 0.05) is 19.3 Å². The fourth-order valence-electron chi connectivity index (χ4n) is 9.45. The number of esters is 3. The van der Waals surface area contributed by atoms with E-state index in [1.807, 2.05) is 0 Å². The van der Waals surface area contributed by atoms with Crippen LogP contribution in [0, 0.1) is 0 Å². The van der Waals surface area contributed by atoms with Gasteiger partial charge in [0.25, 0.3) is 0 Å². The van der Waals surface area contributed by atoms with Crippen molar-refractivity contribution in [1.82, 2.24) is 0 Å². The van der Waals surface area contributed by atoms with Gasteiger partial charge in [-0.2, -0.15) is 0 Å². The predicted octanol–water partition coefficient (Wildman–Crippen LogP) is 21.8. The van der Waals surface area contributed by atoms with E-state index >= 15 is 0 Å². The molecule has 6 nitrogen and oxygen atoms in total. The molecular formula is C67H122O6. The van der Waals surface area contributed by atoms with Gasteiger partial charge in [-0.05, 0) is 83.5 Å². The molecule has 0 N–H and O–H groups in total. The normalized spacial score (nSPS) is 12.3. The molecule has 0 bridgehead atoms. The molecule has 1 unspecified atom stereocenters. The largest absolute Gasteiger partial charge is 0.462 e. The number of allylic oxidation sites excluding steroid dienone is 8. The average Bonchev–Trinajstić information content (AvgIpc) is 3.39. The van der Waals surface area contributed by atoms with Crippen molar-refractivity contribution in [3.63, 3.8) is 0 Å². The van der Waals surface area contributed by atoms with E-state index in [9.17, 15) is 14.4 Å². The maximum atomic E-state index is 12.9. The van der Waals surface area contributed by atoms with Crippen molar-refractivity contribution in [3.8, 4) is 0 Å². The fraction of sp³-hybridized carbons (Fsp3) is 0.836. The first-order chi connectivity index (χ1) is 36.0. The van der Waals surface area contributed by atoms with Crippen LogP contribution in [0.1, 0.15) is 342 Å². The van der Waals surface area contributed by atoms with Crippen molar-refractivity contribution in [2.75, 3.05) is 13.2 Å². The first kappa shape index (κ1) is 70.4. The summed E-state index contributed by atoms with van der Waals surface area (Å²) in [5.74, 6) is -0.872. The van der Waals surface area contributed by atoms with E-state index in [1.54, 1.807) is 0 Å². The van der Waals surface area contributed by atoms with Crippen LogP contribution in [-0.2, 0) is 28.6 Å². The van der Waals surface area contributed by atoms with Crippen LogP contribution < -0.4 is 0 Å². The van der Waals surface area contributed by atoms with Crippen molar-refractivity contribution >= 4 is 17.9 Å². The number of hydrogen-bond donors (Lipinski definition) is 0. The van der Waals surface area contributed by atoms with E-state index in [2.05, 4.69) is 69.4 Å². The maximum Gasteiger partial charge on any atom is 0.306 e. The molecular weight excluding hydrogens is 901 g/mol. The van der Waals surface area contributed by atoms with Crippen LogP contribution in [-0.4, -0.2) is 37.2 Å². The average molecular weight is 1020 g/mol. The lowest BCUT2D eigenvalue weighted by Crippen LogP contribution is -2.30. The van der Waals surface area contributed by atoms with Gasteiger partial charge >= 0.3 is 17.9 Å². The summed E-state index contributed by atoms with van der Waals surface area (Å²) in [5, 5.41) is 0. The molecule has 0 rings (SSSR count). The molecule has 0 amide bonds. The molecule has 0 heterocycles. The van der Waals surface area contributed by atoms with Crippen molar-refractivity contribution in [3.05, 3.63) is 48.6 Å². The second-order valence-corrected chi connectivity index (χ2v) is 21.7. The summed E-state index contributed by atoms with van der Waals surface area (Å²) in [5.41, 5.74) is 0. The molecule has 0 saturated heterocycles. The van der Waals surface area contributed by atoms with Crippen LogP contribution in [0.25, 0.3) is 0 Å². The van der Waals surface area contributed by atoms with Crippen LogP contribution in [0.4, 0.5) is 0 Å². The first-order valence-corrected chi connectivity index (χ1v) is 32.1. The summed E-state index contributed by atoms with van der Waals surface area (Å²) in [6.07, 6.45) is 76.8. The summed E-state index contributed by atoms with van der Waals surface area (Å²) in [6.45, 7) is 6.66. The fourth-order valence-corrected chi connectivity index (χ4v) is 9.45. The Morgan fingerprint density at radius 3 is 0.781 bits per heavy atom. The lowest BCUT2D eigenvalue weighted by atomic mass is 10.0. The number of carbonyl (C=O) groups excluding carboxylic acids is 3. The molecule has 0 aromatic carbocycles. The quantitative estimate of drug-likeness (QED) is 0.0261. The van der Waals surface area contributed by atoms with Gasteiger partial charge in [0.15, 0.2) is 6.10 Å². The van der Waals surface area contributed by atoms with Gasteiger partial charge in [-0.3, -0.25) is 14.4 Å². The zero-order chi connectivity index (χ0) is 52.9. The highest BCUT2D eigenvalue weighted by Crippen LogP contribution is 2.17. The van der Waals surface area contributed by atoms with E-state index in [4.69, 9.17) is 14.2 Å². The van der Waals surface area contributed by atoms with Gasteiger partial charge in [0.1, 0.15) is 13.2 Å². The Labute approximate surface area is 454 Å². The third kappa shape index (κ3) is 60.1. The molecule has 0 aliphatic rings. The van der Waals surface area contributed by atoms with E-state index in [0.717, 1.165) is 77.0 Å². The predicted molar refractivity (Wildman–Crippen MR) is 316 cm³/mol. The zero-order valence-electron chi connectivity index (χ0n) is 48.9. The molecule has 0 aliphatic carbocycles. The summed E-state index contributed by atoms with van der Waals surface area (Å²) < 4.78 is 16.9. The standard InChI is InChI=1S/C67H122O6/c1-4-7-10-13-16-19-22-25-28-31-32-33-34-37-39-42-45-48-51-54-57-60-66(69)72-63-64(73-67(70)61-58-55-52-49-46-43-40-36-30-27-24-21-18-15-12-9-6-3)62-71-65(68)59-56-53-50-47-44-41-38-35-29-26-23-20-17-14-11-8-5-2/h22,25,27,30-32,34,37,64H,4-21,23-24,26,28-29,33,35-36,38-63H2,1-3H3/b25-22-,30-27-,32-31-,37-34-. The van der Waals surface area contributed by atoms with E-state index in [1.165, 1.54) is 225 Å². The van der Waals surface area contributed by atoms with E-state index in [0.29, 0.717) is 19.3 Å². The molecule has 6 heteroatoms. The minimum atomic E-state index is -0.780. The Hall–Kier alpha value is -2.63. The lowest BCUT2D eigenvalue weighted by molar-refractivity contribution is -0.167. The molecule has 1 atom stereocenters. The van der Waals surface area contributed by atoms with Crippen molar-refractivity contribution in [1.29, 1.82) is 0 Å². The van der Waals surface area contributed by atoms with Gasteiger partial charge in [0.05, 0.1) is 0 Å². The van der Waals surface area contributed by atoms with Crippen molar-refractivity contribution < 1.29 is 28.6 Å². The Balaban J connectivity index is 4.37. The molecule has 426 valence electrons. The van der Waals surface area contributed by atoms with Gasteiger partial charge in [-0.1, -0.05) is 288 Å². The third-order valence-electron chi connectivity index (χ3n) is 14.3. The molecule has 0 radical (unpaired) electrons. The minimum Gasteiger partial charge on any atom is -0.462 e. The second-order valence-electron chi connectivity index (χ2n) is 21.7. The Kier molecular flexibility index (Phi) is 59.7. The number of carbonyl (C=O) groups is 3. The lowest BCUT2D eigenvalue weighted by Gasteiger charge is -2.18. The topological polar surface area (TPSA) is 78.9 Å². The summed E-state index contributed by atoms with van der Waals surface area (Å²) >= 11 is 0. The van der Waals surface area contributed by atoms with Crippen LogP contribution in [0.5, 0.6) is 0 Å². The summed E-state index contributed by atoms with van der Waals surface area (Å²) in [6, 6.07) is 0. The van der Waals surface area contributed by atoms with Crippen molar-refractivity contribution in [2.24, 2.45) is 0 Å². The molecule has 0 spiro atoms. The highest BCUT2D eigenvalue weighted by atomic mass is 16.6. The number of hydrogen-bond acceptors (Lipinski definition) is 6. The van der Waals surface area contributed by atoms with Crippen LogP contribution in [0.3, 0.4) is 0 Å². The smallest absolute Gasteiger partial charge is 0.306 e. The van der Waals surface area contributed by atoms with Gasteiger partial charge in [-0.15, -0.1) is 0 Å². The molecule has 0 aliphatic heterocycles.